The topological polar surface area (TPSA) is 76.1 Å². The van der Waals surface area contributed by atoms with E-state index >= 15 is 0 Å². The van der Waals surface area contributed by atoms with E-state index in [0.29, 0.717) is 24.3 Å². The lowest BCUT2D eigenvalue weighted by Gasteiger charge is -2.21. The fraction of sp³-hybridized carbons (Fsp3) is 0.400. The third-order valence-electron chi connectivity index (χ3n) is 4.07. The van der Waals surface area contributed by atoms with Crippen LogP contribution in [0.4, 0.5) is 0 Å². The Kier molecular flexibility index (Phi) is 7.67. The van der Waals surface area contributed by atoms with Gasteiger partial charge >= 0.3 is 5.97 Å². The highest BCUT2D eigenvalue weighted by Crippen LogP contribution is 2.24. The molecule has 2 aromatic rings. The number of carboxylic acids is 1. The van der Waals surface area contributed by atoms with Gasteiger partial charge in [-0.05, 0) is 49.6 Å². The number of carbonyl (C=O) groups is 2. The third-order valence-corrected chi connectivity index (χ3v) is 5.13. The third kappa shape index (κ3) is 6.60. The minimum Gasteiger partial charge on any atom is -0.497 e. The van der Waals surface area contributed by atoms with Crippen molar-refractivity contribution in [3.63, 3.8) is 0 Å². The second kappa shape index (κ2) is 9.97. The Morgan fingerprint density at radius 2 is 1.78 bits per heavy atom. The standard InChI is InChI=1S/C20H25NO5S/c1-14-7-8-18(27-14)5-4-6-19(22)21(13-20(23)24)12-15-9-16(25-2)11-17(10-15)26-3/h7-11H,4-6,12-13H2,1-3H3,(H,23,24). The molecule has 0 aliphatic heterocycles. The van der Waals surface area contributed by atoms with Crippen molar-refractivity contribution in [2.45, 2.75) is 32.7 Å². The predicted molar refractivity (Wildman–Crippen MR) is 105 cm³/mol. The summed E-state index contributed by atoms with van der Waals surface area (Å²) in [5.74, 6) is -0.0140. The van der Waals surface area contributed by atoms with Crippen molar-refractivity contribution in [2.75, 3.05) is 20.8 Å². The monoisotopic (exact) mass is 391 g/mol. The van der Waals surface area contributed by atoms with Crippen molar-refractivity contribution in [3.8, 4) is 11.5 Å². The number of nitrogens with zero attached hydrogens (tertiary/aromatic N) is 1. The van der Waals surface area contributed by atoms with E-state index in [1.165, 1.54) is 14.7 Å². The lowest BCUT2D eigenvalue weighted by Crippen LogP contribution is -2.35. The van der Waals surface area contributed by atoms with Gasteiger partial charge in [0, 0.05) is 28.8 Å². The summed E-state index contributed by atoms with van der Waals surface area (Å²) in [6, 6.07) is 9.42. The van der Waals surface area contributed by atoms with Gasteiger partial charge in [0.2, 0.25) is 5.91 Å². The van der Waals surface area contributed by atoms with Crippen LogP contribution in [0, 0.1) is 6.92 Å². The lowest BCUT2D eigenvalue weighted by atomic mass is 10.1. The Balaban J connectivity index is 2.03. The highest BCUT2D eigenvalue weighted by molar-refractivity contribution is 7.11. The number of hydrogen-bond acceptors (Lipinski definition) is 5. The van der Waals surface area contributed by atoms with Gasteiger partial charge in [0.25, 0.3) is 0 Å². The summed E-state index contributed by atoms with van der Waals surface area (Å²) < 4.78 is 10.5. The minimum absolute atomic E-state index is 0.174. The van der Waals surface area contributed by atoms with Gasteiger partial charge in [-0.15, -0.1) is 11.3 Å². The Bertz CT molecular complexity index is 764. The minimum atomic E-state index is -1.04. The number of hydrogen-bond donors (Lipinski definition) is 1. The fourth-order valence-electron chi connectivity index (χ4n) is 2.77. The number of carbonyl (C=O) groups excluding carboxylic acids is 1. The summed E-state index contributed by atoms with van der Waals surface area (Å²) in [7, 11) is 3.09. The van der Waals surface area contributed by atoms with Gasteiger partial charge in [-0.2, -0.15) is 0 Å². The molecule has 0 spiro atoms. The lowest BCUT2D eigenvalue weighted by molar-refractivity contribution is -0.144. The Hall–Kier alpha value is -2.54. The first-order valence-corrected chi connectivity index (χ1v) is 9.49. The largest absolute Gasteiger partial charge is 0.497 e. The zero-order valence-electron chi connectivity index (χ0n) is 15.9. The van der Waals surface area contributed by atoms with E-state index in [-0.39, 0.29) is 19.0 Å². The molecule has 0 unspecified atom stereocenters. The molecule has 1 aromatic heterocycles. The van der Waals surface area contributed by atoms with Gasteiger partial charge in [-0.25, -0.2) is 0 Å². The van der Waals surface area contributed by atoms with Crippen molar-refractivity contribution in [3.05, 3.63) is 45.6 Å². The van der Waals surface area contributed by atoms with Crippen molar-refractivity contribution in [2.24, 2.45) is 0 Å². The van der Waals surface area contributed by atoms with Crippen LogP contribution in [0.15, 0.2) is 30.3 Å². The van der Waals surface area contributed by atoms with E-state index in [2.05, 4.69) is 19.1 Å². The van der Waals surface area contributed by atoms with E-state index < -0.39 is 5.97 Å². The smallest absolute Gasteiger partial charge is 0.323 e. The number of benzene rings is 1. The molecule has 0 atom stereocenters. The second-order valence-corrected chi connectivity index (χ2v) is 7.60. The molecule has 6 nitrogen and oxygen atoms in total. The molecule has 0 saturated heterocycles. The summed E-state index contributed by atoms with van der Waals surface area (Å²) >= 11 is 1.72. The van der Waals surface area contributed by atoms with E-state index in [1.54, 1.807) is 43.8 Å². The quantitative estimate of drug-likeness (QED) is 0.671. The summed E-state index contributed by atoms with van der Waals surface area (Å²) in [5.41, 5.74) is 0.759. The average Bonchev–Trinajstić information content (AvgIpc) is 3.05. The predicted octanol–water partition coefficient (Wildman–Crippen LogP) is 3.51. The molecule has 146 valence electrons. The Morgan fingerprint density at radius 1 is 1.11 bits per heavy atom. The van der Waals surface area contributed by atoms with Crippen LogP contribution in [0.5, 0.6) is 11.5 Å². The molecular weight excluding hydrogens is 366 g/mol. The molecule has 0 bridgehead atoms. The van der Waals surface area contributed by atoms with Crippen LogP contribution in [0.2, 0.25) is 0 Å². The van der Waals surface area contributed by atoms with E-state index in [4.69, 9.17) is 9.47 Å². The van der Waals surface area contributed by atoms with Crippen molar-refractivity contribution >= 4 is 23.2 Å². The molecule has 1 N–H and O–H groups in total. The van der Waals surface area contributed by atoms with Crippen LogP contribution >= 0.6 is 11.3 Å². The number of thiophene rings is 1. The van der Waals surface area contributed by atoms with Crippen LogP contribution in [-0.4, -0.2) is 42.6 Å². The molecule has 1 aromatic carbocycles. The highest BCUT2D eigenvalue weighted by Gasteiger charge is 2.18. The van der Waals surface area contributed by atoms with Gasteiger partial charge in [0.1, 0.15) is 18.0 Å². The number of ether oxygens (including phenoxy) is 2. The number of carboxylic acid groups (broad SMARTS) is 1. The van der Waals surface area contributed by atoms with Crippen molar-refractivity contribution < 1.29 is 24.2 Å². The number of amides is 1. The van der Waals surface area contributed by atoms with E-state index in [9.17, 15) is 14.7 Å². The van der Waals surface area contributed by atoms with Gasteiger partial charge in [0.15, 0.2) is 0 Å². The summed E-state index contributed by atoms with van der Waals surface area (Å²) in [5, 5.41) is 9.18. The Morgan fingerprint density at radius 3 is 2.30 bits per heavy atom. The molecule has 1 amide bonds. The summed E-state index contributed by atoms with van der Waals surface area (Å²) in [4.78, 5) is 27.6. The molecule has 0 fully saturated rings. The van der Waals surface area contributed by atoms with Crippen LogP contribution in [-0.2, 0) is 22.6 Å². The molecule has 7 heteroatoms. The first-order chi connectivity index (χ1) is 12.9. The summed E-state index contributed by atoms with van der Waals surface area (Å²) in [6.07, 6.45) is 1.82. The van der Waals surface area contributed by atoms with Gasteiger partial charge in [0.05, 0.1) is 14.2 Å². The maximum atomic E-state index is 12.6. The second-order valence-electron chi connectivity index (χ2n) is 6.23. The van der Waals surface area contributed by atoms with Crippen LogP contribution in [0.1, 0.15) is 28.2 Å². The number of aliphatic carboxylic acids is 1. The van der Waals surface area contributed by atoms with Crippen LogP contribution in [0.3, 0.4) is 0 Å². The molecule has 2 rings (SSSR count). The first-order valence-electron chi connectivity index (χ1n) is 8.68. The molecule has 0 saturated carbocycles. The maximum absolute atomic E-state index is 12.6. The maximum Gasteiger partial charge on any atom is 0.323 e. The van der Waals surface area contributed by atoms with Crippen molar-refractivity contribution in [1.82, 2.24) is 4.90 Å². The van der Waals surface area contributed by atoms with Crippen molar-refractivity contribution in [1.29, 1.82) is 0 Å². The van der Waals surface area contributed by atoms with Crippen LogP contribution in [0.25, 0.3) is 0 Å². The fourth-order valence-corrected chi connectivity index (χ4v) is 3.70. The molecule has 1 heterocycles. The molecule has 0 aliphatic rings. The first kappa shape index (κ1) is 20.8. The SMILES string of the molecule is COc1cc(CN(CC(=O)O)C(=O)CCCc2ccc(C)s2)cc(OC)c1. The van der Waals surface area contributed by atoms with Crippen LogP contribution < -0.4 is 9.47 Å². The average molecular weight is 391 g/mol. The van der Waals surface area contributed by atoms with Gasteiger partial charge in [-0.1, -0.05) is 0 Å². The van der Waals surface area contributed by atoms with Gasteiger partial charge in [-0.3, -0.25) is 9.59 Å². The molecular formula is C20H25NO5S. The van der Waals surface area contributed by atoms with E-state index in [1.807, 2.05) is 0 Å². The summed E-state index contributed by atoms with van der Waals surface area (Å²) in [6.45, 7) is 1.91. The number of methoxy groups -OCH3 is 2. The van der Waals surface area contributed by atoms with E-state index in [0.717, 1.165) is 12.0 Å². The molecule has 0 radical (unpaired) electrons. The number of rotatable bonds is 10. The molecule has 0 aliphatic carbocycles. The Labute approximate surface area is 163 Å². The number of aryl methyl sites for hydroxylation is 2. The molecule has 27 heavy (non-hydrogen) atoms. The van der Waals surface area contributed by atoms with Gasteiger partial charge < -0.3 is 19.5 Å². The normalized spacial score (nSPS) is 10.5. The zero-order chi connectivity index (χ0) is 19.8. The highest BCUT2D eigenvalue weighted by atomic mass is 32.1. The zero-order valence-corrected chi connectivity index (χ0v) is 16.7.